The van der Waals surface area contributed by atoms with E-state index in [2.05, 4.69) is 33.2 Å². The van der Waals surface area contributed by atoms with E-state index in [4.69, 9.17) is 4.74 Å². The second-order valence-electron chi connectivity index (χ2n) is 16.4. The Hall–Kier alpha value is -3.65. The molecule has 0 heterocycles. The number of allylic oxidation sites excluding steroid dienone is 1. The summed E-state index contributed by atoms with van der Waals surface area (Å²) >= 11 is 0. The first-order valence-electron chi connectivity index (χ1n) is 18.6. The minimum Gasteiger partial charge on any atom is -0.444 e. The second kappa shape index (κ2) is 21.9. The molecule has 0 aliphatic rings. The Labute approximate surface area is 318 Å². The van der Waals surface area contributed by atoms with Crippen LogP contribution in [0.15, 0.2) is 42.6 Å². The highest BCUT2D eigenvalue weighted by Gasteiger charge is 2.33. The molecule has 4 amide bonds. The first-order valence-corrected chi connectivity index (χ1v) is 20.7. The van der Waals surface area contributed by atoms with Gasteiger partial charge in [0.25, 0.3) is 0 Å². The van der Waals surface area contributed by atoms with Gasteiger partial charge in [-0.1, -0.05) is 85.4 Å². The van der Waals surface area contributed by atoms with Crippen molar-refractivity contribution in [1.82, 2.24) is 26.6 Å². The van der Waals surface area contributed by atoms with Crippen LogP contribution in [0.5, 0.6) is 0 Å². The molecule has 0 saturated carbocycles. The van der Waals surface area contributed by atoms with Crippen molar-refractivity contribution in [2.75, 3.05) is 12.0 Å². The summed E-state index contributed by atoms with van der Waals surface area (Å²) in [6, 6.07) is 5.95. The molecule has 0 unspecified atom stereocenters. The number of carbonyl (C=O) groups excluding carboxylic acids is 4. The lowest BCUT2D eigenvalue weighted by atomic mass is 9.90. The number of aliphatic hydroxyl groups is 1. The van der Waals surface area contributed by atoms with Gasteiger partial charge in [-0.15, -0.1) is 0 Å². The van der Waals surface area contributed by atoms with E-state index >= 15 is 0 Å². The van der Waals surface area contributed by atoms with Crippen molar-refractivity contribution >= 4 is 33.7 Å². The lowest BCUT2D eigenvalue weighted by Crippen LogP contribution is -2.57. The van der Waals surface area contributed by atoms with Crippen LogP contribution < -0.4 is 26.6 Å². The molecule has 302 valence electrons. The van der Waals surface area contributed by atoms with Crippen LogP contribution in [0.25, 0.3) is 0 Å². The Morgan fingerprint density at radius 3 is 1.87 bits per heavy atom. The Morgan fingerprint density at radius 2 is 1.36 bits per heavy atom. The summed E-state index contributed by atoms with van der Waals surface area (Å²) in [5, 5.41) is 25.8. The molecule has 0 aromatic heterocycles. The predicted molar refractivity (Wildman–Crippen MR) is 209 cm³/mol. The first kappa shape index (κ1) is 47.4. The van der Waals surface area contributed by atoms with Gasteiger partial charge >= 0.3 is 6.09 Å². The van der Waals surface area contributed by atoms with Crippen molar-refractivity contribution in [2.24, 2.45) is 23.7 Å². The SMILES string of the molecule is C=C(N[C@H](C(=O)NCc1ccccc1)C(C)C)[C@H](C)C[C@H](O)[C@H](CC(C)C)NC(=O)[C@@H](CCS(C)(=O)=O)NC(=O)[C@H](CC(C)C)NC(=O)OC(C)(C)C. The molecule has 1 aromatic carbocycles. The molecular formula is C39H67N5O8S. The zero-order valence-electron chi connectivity index (χ0n) is 33.7. The van der Waals surface area contributed by atoms with Crippen molar-refractivity contribution < 1.29 is 37.4 Å². The molecule has 1 aromatic rings. The highest BCUT2D eigenvalue weighted by molar-refractivity contribution is 7.90. The van der Waals surface area contributed by atoms with Crippen LogP contribution in [-0.4, -0.2) is 85.2 Å². The monoisotopic (exact) mass is 765 g/mol. The Morgan fingerprint density at radius 1 is 0.792 bits per heavy atom. The standard InChI is InChI=1S/C39H67N5O8S/c1-24(2)20-31(33(45)22-27(7)28(8)41-34(26(5)6)37(48)40-23-29-16-14-13-15-17-29)43-35(46)30(18-19-53(12,50)51)42-36(47)32(21-25(3)4)44-38(49)52-39(9,10)11/h13-17,24-27,30-34,41,45H,8,18-23H2,1-7,9-12H3,(H,40,48)(H,42,47)(H,43,46)(H,44,49)/t27-,30-,31+,32+,33+,34+/m1/s1. The number of hydrogen-bond donors (Lipinski definition) is 6. The third kappa shape index (κ3) is 19.8. The molecule has 14 heteroatoms. The van der Waals surface area contributed by atoms with Crippen LogP contribution in [0.2, 0.25) is 0 Å². The van der Waals surface area contributed by atoms with Crippen molar-refractivity contribution in [1.29, 1.82) is 0 Å². The molecule has 0 saturated heterocycles. The summed E-state index contributed by atoms with van der Waals surface area (Å²) in [6.45, 7) is 23.0. The maximum absolute atomic E-state index is 13.8. The fraction of sp³-hybridized carbons (Fsp3) is 0.692. The summed E-state index contributed by atoms with van der Waals surface area (Å²) in [5.74, 6) is -2.21. The van der Waals surface area contributed by atoms with Crippen LogP contribution in [0, 0.1) is 23.7 Å². The number of alkyl carbamates (subject to hydrolysis) is 1. The molecule has 0 radical (unpaired) electrons. The van der Waals surface area contributed by atoms with E-state index in [9.17, 15) is 32.7 Å². The smallest absolute Gasteiger partial charge is 0.408 e. The van der Waals surface area contributed by atoms with Crippen LogP contribution in [0.3, 0.4) is 0 Å². The highest BCUT2D eigenvalue weighted by atomic mass is 32.2. The molecule has 13 nitrogen and oxygen atoms in total. The summed E-state index contributed by atoms with van der Waals surface area (Å²) in [6.07, 6.45) is -0.208. The van der Waals surface area contributed by atoms with E-state index in [-0.39, 0.29) is 54.6 Å². The van der Waals surface area contributed by atoms with Gasteiger partial charge in [-0.25, -0.2) is 13.2 Å². The number of sulfone groups is 1. The fourth-order valence-corrected chi connectivity index (χ4v) is 6.23. The molecule has 6 atom stereocenters. The van der Waals surface area contributed by atoms with E-state index in [1.54, 1.807) is 20.8 Å². The summed E-state index contributed by atoms with van der Waals surface area (Å²) in [5.41, 5.74) is 0.724. The van der Waals surface area contributed by atoms with E-state index in [0.29, 0.717) is 18.7 Å². The summed E-state index contributed by atoms with van der Waals surface area (Å²) in [4.78, 5) is 53.0. The molecule has 6 N–H and O–H groups in total. The van der Waals surface area contributed by atoms with Crippen LogP contribution in [0.4, 0.5) is 4.79 Å². The number of hydrogen-bond acceptors (Lipinski definition) is 9. The summed E-state index contributed by atoms with van der Waals surface area (Å²) in [7, 11) is -3.51. The minimum absolute atomic E-state index is 0.0136. The number of amides is 4. The van der Waals surface area contributed by atoms with E-state index in [0.717, 1.165) is 11.8 Å². The summed E-state index contributed by atoms with van der Waals surface area (Å²) < 4.78 is 29.6. The largest absolute Gasteiger partial charge is 0.444 e. The molecule has 0 spiro atoms. The Balaban J connectivity index is 3.13. The number of rotatable bonds is 22. The van der Waals surface area contributed by atoms with Crippen LogP contribution >= 0.6 is 0 Å². The van der Waals surface area contributed by atoms with E-state index in [1.807, 2.05) is 78.8 Å². The molecule has 0 bridgehead atoms. The third-order valence-electron chi connectivity index (χ3n) is 8.43. The number of carbonyl (C=O) groups is 4. The highest BCUT2D eigenvalue weighted by Crippen LogP contribution is 2.21. The number of nitrogens with one attached hydrogen (secondary N) is 5. The number of aliphatic hydroxyl groups excluding tert-OH is 1. The van der Waals surface area contributed by atoms with Gasteiger partial charge in [0, 0.05) is 18.5 Å². The number of benzene rings is 1. The molecule has 0 fully saturated rings. The normalized spacial score (nSPS) is 15.5. The van der Waals surface area contributed by atoms with Crippen LogP contribution in [-0.2, 0) is 35.5 Å². The van der Waals surface area contributed by atoms with Gasteiger partial charge in [0.15, 0.2) is 0 Å². The van der Waals surface area contributed by atoms with Crippen molar-refractivity contribution in [2.45, 2.75) is 137 Å². The average molecular weight is 766 g/mol. The van der Waals surface area contributed by atoms with Gasteiger partial charge in [-0.05, 0) is 75.7 Å². The molecule has 0 aliphatic heterocycles. The lowest BCUT2D eigenvalue weighted by molar-refractivity contribution is -0.131. The van der Waals surface area contributed by atoms with Gasteiger partial charge in [0.2, 0.25) is 17.7 Å². The zero-order chi connectivity index (χ0) is 40.7. The molecule has 53 heavy (non-hydrogen) atoms. The van der Waals surface area contributed by atoms with Gasteiger partial charge in [0.1, 0.15) is 33.6 Å². The van der Waals surface area contributed by atoms with Gasteiger partial charge in [-0.3, -0.25) is 14.4 Å². The number of ether oxygens (including phenoxy) is 1. The molecule has 0 aliphatic carbocycles. The minimum atomic E-state index is -3.51. The van der Waals surface area contributed by atoms with Gasteiger partial charge in [-0.2, -0.15) is 0 Å². The van der Waals surface area contributed by atoms with Crippen molar-refractivity contribution in [3.63, 3.8) is 0 Å². The second-order valence-corrected chi connectivity index (χ2v) is 18.6. The van der Waals surface area contributed by atoms with E-state index in [1.165, 1.54) is 0 Å². The predicted octanol–water partition coefficient (Wildman–Crippen LogP) is 4.21. The fourth-order valence-electron chi connectivity index (χ4n) is 5.57. The average Bonchev–Trinajstić information content (AvgIpc) is 3.01. The molecular weight excluding hydrogens is 699 g/mol. The van der Waals surface area contributed by atoms with Gasteiger partial charge < -0.3 is 36.4 Å². The zero-order valence-corrected chi connectivity index (χ0v) is 34.6. The van der Waals surface area contributed by atoms with Crippen LogP contribution in [0.1, 0.15) is 100 Å². The quantitative estimate of drug-likeness (QED) is 0.100. The third-order valence-corrected chi connectivity index (χ3v) is 9.41. The first-order chi connectivity index (χ1) is 24.4. The lowest BCUT2D eigenvalue weighted by Gasteiger charge is -2.32. The van der Waals surface area contributed by atoms with Crippen molar-refractivity contribution in [3.05, 3.63) is 48.2 Å². The van der Waals surface area contributed by atoms with E-state index < -0.39 is 63.6 Å². The Kier molecular flexibility index (Phi) is 19.6. The topological polar surface area (TPSA) is 192 Å². The van der Waals surface area contributed by atoms with Crippen molar-refractivity contribution in [3.8, 4) is 0 Å². The maximum atomic E-state index is 13.8. The molecule has 1 rings (SSSR count). The Bertz CT molecular complexity index is 1440. The maximum Gasteiger partial charge on any atom is 0.408 e. The van der Waals surface area contributed by atoms with Gasteiger partial charge in [0.05, 0.1) is 17.9 Å².